The lowest BCUT2D eigenvalue weighted by molar-refractivity contribution is -0.135. The average molecular weight is 320 g/mol. The van der Waals surface area contributed by atoms with Crippen molar-refractivity contribution >= 4 is 16.9 Å². The molecule has 1 aliphatic rings. The van der Waals surface area contributed by atoms with Crippen molar-refractivity contribution in [2.45, 2.75) is 26.1 Å². The van der Waals surface area contributed by atoms with E-state index in [1.165, 1.54) is 0 Å². The minimum absolute atomic E-state index is 0.00381. The van der Waals surface area contributed by atoms with Gasteiger partial charge in [-0.3, -0.25) is 4.79 Å². The molecule has 1 aliphatic heterocycles. The van der Waals surface area contributed by atoms with E-state index in [1.807, 2.05) is 52.8 Å². The fourth-order valence-electron chi connectivity index (χ4n) is 3.35. The lowest BCUT2D eigenvalue weighted by atomic mass is 10.1. The number of carbonyl (C=O) groups excluding carboxylic acids is 1. The van der Waals surface area contributed by atoms with E-state index in [1.54, 1.807) is 4.68 Å². The molecule has 4 rings (SSSR count). The Morgan fingerprint density at radius 2 is 2.12 bits per heavy atom. The molecule has 3 aromatic rings. The minimum atomic E-state index is -0.0665. The van der Waals surface area contributed by atoms with Gasteiger partial charge in [0.05, 0.1) is 11.6 Å². The number of nitriles is 1. The monoisotopic (exact) mass is 320 g/mol. The first-order chi connectivity index (χ1) is 11.7. The smallest absolute Gasteiger partial charge is 0.245 e. The molecule has 3 heterocycles. The Labute approximate surface area is 138 Å². The van der Waals surface area contributed by atoms with E-state index in [4.69, 9.17) is 5.26 Å². The van der Waals surface area contributed by atoms with Crippen molar-refractivity contribution in [2.24, 2.45) is 0 Å². The van der Waals surface area contributed by atoms with Gasteiger partial charge in [-0.2, -0.15) is 5.26 Å². The number of aromatic nitrogens is 4. The van der Waals surface area contributed by atoms with Gasteiger partial charge in [-0.05, 0) is 31.2 Å². The Morgan fingerprint density at radius 1 is 1.29 bits per heavy atom. The molecule has 1 unspecified atom stereocenters. The van der Waals surface area contributed by atoms with Crippen LogP contribution in [0.15, 0.2) is 36.4 Å². The van der Waals surface area contributed by atoms with Crippen LogP contribution in [0, 0.1) is 11.3 Å². The van der Waals surface area contributed by atoms with Crippen molar-refractivity contribution in [1.82, 2.24) is 24.5 Å². The minimum Gasteiger partial charge on any atom is -0.333 e. The second kappa shape index (κ2) is 5.49. The number of para-hydroxylation sites is 1. The molecular formula is C17H16N6O. The van der Waals surface area contributed by atoms with Gasteiger partial charge in [-0.15, -0.1) is 5.10 Å². The Kier molecular flexibility index (Phi) is 3.31. The molecular weight excluding hydrogens is 304 g/mol. The maximum Gasteiger partial charge on any atom is 0.245 e. The maximum atomic E-state index is 12.8. The van der Waals surface area contributed by atoms with Crippen molar-refractivity contribution in [3.05, 3.63) is 47.8 Å². The summed E-state index contributed by atoms with van der Waals surface area (Å²) in [6, 6.07) is 13.5. The summed E-state index contributed by atoms with van der Waals surface area (Å²) >= 11 is 0. The zero-order chi connectivity index (χ0) is 16.7. The molecule has 0 N–H and O–H groups in total. The summed E-state index contributed by atoms with van der Waals surface area (Å²) in [4.78, 5) is 14.6. The van der Waals surface area contributed by atoms with Crippen LogP contribution < -0.4 is 0 Å². The van der Waals surface area contributed by atoms with Gasteiger partial charge in [0, 0.05) is 18.8 Å². The van der Waals surface area contributed by atoms with Crippen LogP contribution in [0.25, 0.3) is 11.0 Å². The van der Waals surface area contributed by atoms with Crippen LogP contribution in [0.4, 0.5) is 0 Å². The van der Waals surface area contributed by atoms with Gasteiger partial charge >= 0.3 is 0 Å². The van der Waals surface area contributed by atoms with E-state index >= 15 is 0 Å². The topological polar surface area (TPSA) is 79.7 Å². The molecule has 0 saturated carbocycles. The van der Waals surface area contributed by atoms with Crippen LogP contribution in [0.2, 0.25) is 0 Å². The van der Waals surface area contributed by atoms with Crippen LogP contribution in [-0.2, 0) is 17.9 Å². The number of fused-ring (bicyclic) bond motifs is 2. The second-order valence-corrected chi connectivity index (χ2v) is 5.91. The number of carbonyl (C=O) groups is 1. The van der Waals surface area contributed by atoms with Crippen molar-refractivity contribution in [3.8, 4) is 6.07 Å². The molecule has 1 amide bonds. The molecule has 0 aliphatic carbocycles. The van der Waals surface area contributed by atoms with E-state index in [-0.39, 0.29) is 18.5 Å². The number of amides is 1. The standard InChI is InChI=1S/C17H16N6O/c1-12-15-7-6-13(10-18)22(15)9-8-21(12)17(24)11-23-16-5-3-2-4-14(16)19-20-23/h2-7,12H,8-9,11H2,1H3. The molecule has 0 fully saturated rings. The van der Waals surface area contributed by atoms with Gasteiger partial charge in [0.1, 0.15) is 23.8 Å². The van der Waals surface area contributed by atoms with Gasteiger partial charge in [-0.25, -0.2) is 4.68 Å². The first-order valence-corrected chi connectivity index (χ1v) is 7.86. The predicted octanol–water partition coefficient (Wildman–Crippen LogP) is 1.71. The lowest BCUT2D eigenvalue weighted by Crippen LogP contribution is -2.42. The molecule has 7 nitrogen and oxygen atoms in total. The first kappa shape index (κ1) is 14.5. The number of hydrogen-bond donors (Lipinski definition) is 0. The molecule has 0 saturated heterocycles. The van der Waals surface area contributed by atoms with Crippen molar-refractivity contribution in [1.29, 1.82) is 5.26 Å². The quantitative estimate of drug-likeness (QED) is 0.720. The van der Waals surface area contributed by atoms with E-state index in [0.29, 0.717) is 18.8 Å². The fraction of sp³-hybridized carbons (Fsp3) is 0.294. The van der Waals surface area contributed by atoms with Crippen LogP contribution in [0.3, 0.4) is 0 Å². The highest BCUT2D eigenvalue weighted by Crippen LogP contribution is 2.27. The third-order valence-corrected chi connectivity index (χ3v) is 4.61. The Hall–Kier alpha value is -3.14. The normalized spacial score (nSPS) is 16.8. The summed E-state index contributed by atoms with van der Waals surface area (Å²) in [6.07, 6.45) is 0. The van der Waals surface area contributed by atoms with Crippen LogP contribution in [0.5, 0.6) is 0 Å². The zero-order valence-corrected chi connectivity index (χ0v) is 13.3. The number of nitrogens with zero attached hydrogens (tertiary/aromatic N) is 6. The summed E-state index contributed by atoms with van der Waals surface area (Å²) in [5, 5.41) is 17.3. The molecule has 1 aromatic carbocycles. The van der Waals surface area contributed by atoms with E-state index in [9.17, 15) is 4.79 Å². The number of benzene rings is 1. The van der Waals surface area contributed by atoms with Gasteiger partial charge in [-0.1, -0.05) is 17.3 Å². The highest BCUT2D eigenvalue weighted by Gasteiger charge is 2.29. The molecule has 24 heavy (non-hydrogen) atoms. The SMILES string of the molecule is CC1c2ccc(C#N)n2CCN1C(=O)Cn1nnc2ccccc21. The Bertz CT molecular complexity index is 963. The molecule has 7 heteroatoms. The van der Waals surface area contributed by atoms with Crippen molar-refractivity contribution < 1.29 is 4.79 Å². The number of rotatable bonds is 2. The molecule has 2 aromatic heterocycles. The largest absolute Gasteiger partial charge is 0.333 e. The van der Waals surface area contributed by atoms with Gasteiger partial charge in [0.25, 0.3) is 0 Å². The third-order valence-electron chi connectivity index (χ3n) is 4.61. The fourth-order valence-corrected chi connectivity index (χ4v) is 3.35. The molecule has 0 spiro atoms. The van der Waals surface area contributed by atoms with E-state index in [0.717, 1.165) is 16.7 Å². The van der Waals surface area contributed by atoms with Crippen LogP contribution >= 0.6 is 0 Å². The molecule has 0 bridgehead atoms. The molecule has 0 radical (unpaired) electrons. The lowest BCUT2D eigenvalue weighted by Gasteiger charge is -2.35. The van der Waals surface area contributed by atoms with E-state index in [2.05, 4.69) is 16.4 Å². The van der Waals surface area contributed by atoms with Crippen molar-refractivity contribution in [2.75, 3.05) is 6.54 Å². The summed E-state index contributed by atoms with van der Waals surface area (Å²) in [5.41, 5.74) is 3.27. The second-order valence-electron chi connectivity index (χ2n) is 5.91. The van der Waals surface area contributed by atoms with Crippen molar-refractivity contribution in [3.63, 3.8) is 0 Å². The summed E-state index contributed by atoms with van der Waals surface area (Å²) in [5.74, 6) is 0.00381. The van der Waals surface area contributed by atoms with Crippen LogP contribution in [0.1, 0.15) is 24.4 Å². The van der Waals surface area contributed by atoms with Crippen LogP contribution in [-0.4, -0.2) is 36.9 Å². The highest BCUT2D eigenvalue weighted by atomic mass is 16.2. The summed E-state index contributed by atoms with van der Waals surface area (Å²) in [7, 11) is 0. The Morgan fingerprint density at radius 3 is 2.96 bits per heavy atom. The van der Waals surface area contributed by atoms with Gasteiger partial charge in [0.2, 0.25) is 5.91 Å². The zero-order valence-electron chi connectivity index (χ0n) is 13.3. The van der Waals surface area contributed by atoms with Gasteiger partial charge in [0.15, 0.2) is 0 Å². The maximum absolute atomic E-state index is 12.8. The third kappa shape index (κ3) is 2.15. The Balaban J connectivity index is 1.58. The first-order valence-electron chi connectivity index (χ1n) is 7.86. The molecule has 1 atom stereocenters. The van der Waals surface area contributed by atoms with Gasteiger partial charge < -0.3 is 9.47 Å². The van der Waals surface area contributed by atoms with E-state index < -0.39 is 0 Å². The highest BCUT2D eigenvalue weighted by molar-refractivity contribution is 5.80. The summed E-state index contributed by atoms with van der Waals surface area (Å²) in [6.45, 7) is 3.38. The summed E-state index contributed by atoms with van der Waals surface area (Å²) < 4.78 is 3.62. The molecule has 120 valence electrons. The predicted molar refractivity (Wildman–Crippen MR) is 86.8 cm³/mol. The average Bonchev–Trinajstić information content (AvgIpc) is 3.20. The number of hydrogen-bond acceptors (Lipinski definition) is 4.